The summed E-state index contributed by atoms with van der Waals surface area (Å²) in [4.78, 5) is 33.7. The van der Waals surface area contributed by atoms with Crippen LogP contribution in [0, 0.1) is 0 Å². The van der Waals surface area contributed by atoms with Crippen molar-refractivity contribution in [3.8, 4) is 0 Å². The Morgan fingerprint density at radius 1 is 1.10 bits per heavy atom. The Morgan fingerprint density at radius 2 is 1.73 bits per heavy atom. The molecule has 1 aromatic carbocycles. The standard InChI is InChI=1S/C23H26BrN3O3/c1-3-26(4-2)14-5-15-27-20(16-6-8-18(24)9-7-16)19(22(29)23(27)30)21(28)17-10-12-25-13-11-17/h6-13,20,28H,3-5,14-15H2,1-2H3/b21-19+. The van der Waals surface area contributed by atoms with E-state index >= 15 is 0 Å². The Hall–Kier alpha value is -2.51. The van der Waals surface area contributed by atoms with Crippen molar-refractivity contribution in [3.63, 3.8) is 0 Å². The minimum absolute atomic E-state index is 0.122. The normalized spacial score (nSPS) is 18.4. The van der Waals surface area contributed by atoms with Gasteiger partial charge in [0, 0.05) is 29.0 Å². The molecule has 1 unspecified atom stereocenters. The molecule has 0 spiro atoms. The van der Waals surface area contributed by atoms with Gasteiger partial charge in [-0.1, -0.05) is 41.9 Å². The molecule has 6 nitrogen and oxygen atoms in total. The number of hydrogen-bond acceptors (Lipinski definition) is 5. The van der Waals surface area contributed by atoms with Crippen LogP contribution >= 0.6 is 15.9 Å². The minimum atomic E-state index is -0.653. The molecule has 1 fully saturated rings. The van der Waals surface area contributed by atoms with Gasteiger partial charge in [0.05, 0.1) is 11.6 Å². The highest BCUT2D eigenvalue weighted by atomic mass is 79.9. The number of carbonyl (C=O) groups is 2. The molecule has 1 amide bonds. The molecule has 3 rings (SSSR count). The summed E-state index contributed by atoms with van der Waals surface area (Å²) < 4.78 is 0.902. The zero-order valence-corrected chi connectivity index (χ0v) is 18.8. The van der Waals surface area contributed by atoms with E-state index in [0.717, 1.165) is 36.1 Å². The van der Waals surface area contributed by atoms with Crippen molar-refractivity contribution in [2.75, 3.05) is 26.2 Å². The second kappa shape index (κ2) is 10.00. The maximum absolute atomic E-state index is 12.9. The number of carbonyl (C=O) groups excluding carboxylic acids is 2. The number of hydrogen-bond donors (Lipinski definition) is 1. The van der Waals surface area contributed by atoms with Gasteiger partial charge in [0.15, 0.2) is 0 Å². The van der Waals surface area contributed by atoms with E-state index in [2.05, 4.69) is 39.7 Å². The lowest BCUT2D eigenvalue weighted by molar-refractivity contribution is -0.140. The van der Waals surface area contributed by atoms with Crippen molar-refractivity contribution < 1.29 is 14.7 Å². The van der Waals surface area contributed by atoms with Gasteiger partial charge < -0.3 is 14.9 Å². The smallest absolute Gasteiger partial charge is 0.295 e. The highest BCUT2D eigenvalue weighted by Gasteiger charge is 2.45. The van der Waals surface area contributed by atoms with E-state index in [0.29, 0.717) is 12.1 Å². The van der Waals surface area contributed by atoms with E-state index < -0.39 is 17.7 Å². The largest absolute Gasteiger partial charge is 0.507 e. The molecule has 7 heteroatoms. The number of amides is 1. The molecule has 2 heterocycles. The molecule has 0 aliphatic carbocycles. The van der Waals surface area contributed by atoms with Crippen LogP contribution in [-0.4, -0.2) is 57.8 Å². The first-order chi connectivity index (χ1) is 14.5. The highest BCUT2D eigenvalue weighted by molar-refractivity contribution is 9.10. The lowest BCUT2D eigenvalue weighted by Crippen LogP contribution is -2.33. The topological polar surface area (TPSA) is 73.7 Å². The molecule has 1 aliphatic rings. The van der Waals surface area contributed by atoms with Crippen LogP contribution in [0.4, 0.5) is 0 Å². The number of ketones is 1. The van der Waals surface area contributed by atoms with Crippen LogP contribution in [0.5, 0.6) is 0 Å². The van der Waals surface area contributed by atoms with Crippen LogP contribution in [-0.2, 0) is 9.59 Å². The molecule has 1 aromatic heterocycles. The fraction of sp³-hybridized carbons (Fsp3) is 0.348. The number of halogens is 1. The van der Waals surface area contributed by atoms with Gasteiger partial charge in [0.1, 0.15) is 5.76 Å². The summed E-state index contributed by atoms with van der Waals surface area (Å²) in [6, 6.07) is 10.1. The number of Topliss-reactive ketones (excluding diaryl/α,β-unsaturated/α-hetero) is 1. The number of aliphatic hydroxyl groups excluding tert-OH is 1. The molecule has 0 bridgehead atoms. The van der Waals surface area contributed by atoms with Gasteiger partial charge in [-0.2, -0.15) is 0 Å². The van der Waals surface area contributed by atoms with Gasteiger partial charge in [-0.25, -0.2) is 0 Å². The van der Waals surface area contributed by atoms with Crippen molar-refractivity contribution >= 4 is 33.4 Å². The maximum Gasteiger partial charge on any atom is 0.295 e. The summed E-state index contributed by atoms with van der Waals surface area (Å²) in [5.74, 6) is -1.40. The number of aliphatic hydroxyl groups is 1. The average molecular weight is 472 g/mol. The van der Waals surface area contributed by atoms with Crippen LogP contribution < -0.4 is 0 Å². The number of nitrogens with zero attached hydrogens (tertiary/aromatic N) is 3. The molecule has 1 atom stereocenters. The zero-order chi connectivity index (χ0) is 21.7. The van der Waals surface area contributed by atoms with E-state index in [1.165, 1.54) is 0 Å². The van der Waals surface area contributed by atoms with Gasteiger partial charge in [-0.15, -0.1) is 0 Å². The second-order valence-corrected chi connectivity index (χ2v) is 8.08. The third kappa shape index (κ3) is 4.63. The van der Waals surface area contributed by atoms with Gasteiger partial charge >= 0.3 is 0 Å². The molecule has 1 N–H and O–H groups in total. The Morgan fingerprint density at radius 3 is 2.33 bits per heavy atom. The second-order valence-electron chi connectivity index (χ2n) is 7.16. The fourth-order valence-electron chi connectivity index (χ4n) is 3.77. The maximum atomic E-state index is 12.9. The van der Waals surface area contributed by atoms with Gasteiger partial charge in [0.25, 0.3) is 11.7 Å². The highest BCUT2D eigenvalue weighted by Crippen LogP contribution is 2.39. The van der Waals surface area contributed by atoms with E-state index in [1.54, 1.807) is 29.4 Å². The summed E-state index contributed by atoms with van der Waals surface area (Å²) in [6.07, 6.45) is 3.84. The number of pyridine rings is 1. The zero-order valence-electron chi connectivity index (χ0n) is 17.2. The summed E-state index contributed by atoms with van der Waals surface area (Å²) in [6.45, 7) is 7.36. The van der Waals surface area contributed by atoms with Crippen LogP contribution in [0.25, 0.3) is 5.76 Å². The number of likely N-dealkylation sites (tertiary alicyclic amines) is 1. The van der Waals surface area contributed by atoms with Gasteiger partial charge in [-0.3, -0.25) is 14.6 Å². The molecule has 0 saturated carbocycles. The van der Waals surface area contributed by atoms with Crippen LogP contribution in [0.3, 0.4) is 0 Å². The SMILES string of the molecule is CCN(CC)CCCN1C(=O)C(=O)/C(=C(/O)c2ccncc2)C1c1ccc(Br)cc1. The Bertz CT molecular complexity index is 924. The van der Waals surface area contributed by atoms with Crippen molar-refractivity contribution in [2.24, 2.45) is 0 Å². The third-order valence-corrected chi connectivity index (χ3v) is 5.98. The lowest BCUT2D eigenvalue weighted by Gasteiger charge is -2.26. The van der Waals surface area contributed by atoms with E-state index in [-0.39, 0.29) is 11.3 Å². The number of aromatic nitrogens is 1. The van der Waals surface area contributed by atoms with Crippen molar-refractivity contribution in [1.82, 2.24) is 14.8 Å². The third-order valence-electron chi connectivity index (χ3n) is 5.45. The van der Waals surface area contributed by atoms with Crippen LogP contribution in [0.1, 0.15) is 37.4 Å². The van der Waals surface area contributed by atoms with Crippen molar-refractivity contribution in [2.45, 2.75) is 26.3 Å². The van der Waals surface area contributed by atoms with E-state index in [4.69, 9.17) is 0 Å². The molecule has 1 saturated heterocycles. The Balaban J connectivity index is 2.00. The van der Waals surface area contributed by atoms with Gasteiger partial charge in [0.2, 0.25) is 0 Å². The number of rotatable bonds is 8. The minimum Gasteiger partial charge on any atom is -0.507 e. The molecular weight excluding hydrogens is 446 g/mol. The fourth-order valence-corrected chi connectivity index (χ4v) is 4.04. The first-order valence-electron chi connectivity index (χ1n) is 10.1. The molecular formula is C23H26BrN3O3. The molecule has 158 valence electrons. The monoisotopic (exact) mass is 471 g/mol. The summed E-state index contributed by atoms with van der Waals surface area (Å²) in [7, 11) is 0. The van der Waals surface area contributed by atoms with Crippen LogP contribution in [0.2, 0.25) is 0 Å². The summed E-state index contributed by atoms with van der Waals surface area (Å²) >= 11 is 3.43. The van der Waals surface area contributed by atoms with E-state index in [9.17, 15) is 14.7 Å². The molecule has 0 radical (unpaired) electrons. The summed E-state index contributed by atoms with van der Waals surface area (Å²) in [5, 5.41) is 10.9. The predicted molar refractivity (Wildman–Crippen MR) is 120 cm³/mol. The first-order valence-corrected chi connectivity index (χ1v) is 10.9. The first kappa shape index (κ1) is 22.2. The van der Waals surface area contributed by atoms with Gasteiger partial charge in [-0.05, 0) is 55.9 Å². The lowest BCUT2D eigenvalue weighted by atomic mass is 9.95. The molecule has 30 heavy (non-hydrogen) atoms. The predicted octanol–water partition coefficient (Wildman–Crippen LogP) is 4.00. The van der Waals surface area contributed by atoms with Crippen molar-refractivity contribution in [3.05, 3.63) is 70.0 Å². The quantitative estimate of drug-likeness (QED) is 0.357. The Labute approximate surface area is 185 Å². The molecule has 1 aliphatic heterocycles. The number of benzene rings is 1. The summed E-state index contributed by atoms with van der Waals surface area (Å²) in [5.41, 5.74) is 1.38. The average Bonchev–Trinajstić information content (AvgIpc) is 3.02. The van der Waals surface area contributed by atoms with Crippen molar-refractivity contribution in [1.29, 1.82) is 0 Å². The Kier molecular flexibility index (Phi) is 7.39. The van der Waals surface area contributed by atoms with Crippen LogP contribution in [0.15, 0.2) is 58.8 Å². The van der Waals surface area contributed by atoms with E-state index in [1.807, 2.05) is 24.3 Å². The molecule has 2 aromatic rings.